The first-order valence-electron chi connectivity index (χ1n) is 12.5. The number of hydrogen-bond acceptors (Lipinski definition) is 4. The van der Waals surface area contributed by atoms with Gasteiger partial charge in [0, 0.05) is 12.0 Å². The van der Waals surface area contributed by atoms with Crippen LogP contribution in [0.5, 0.6) is 0 Å². The largest absolute Gasteiger partial charge is 0.480 e. The molecule has 2 aromatic rings. The van der Waals surface area contributed by atoms with E-state index in [4.69, 9.17) is 4.74 Å². The lowest BCUT2D eigenvalue weighted by molar-refractivity contribution is -0.144. The number of alkyl carbamates (subject to hydrolysis) is 1. The van der Waals surface area contributed by atoms with Crippen molar-refractivity contribution in [2.75, 3.05) is 6.61 Å². The number of nitrogens with one attached hydrogen (secondary N) is 2. The van der Waals surface area contributed by atoms with Gasteiger partial charge in [-0.15, -0.1) is 0 Å². The minimum atomic E-state index is -1.01. The number of carbonyl (C=O) groups is 3. The van der Waals surface area contributed by atoms with Crippen molar-refractivity contribution < 1.29 is 24.2 Å². The molecule has 2 fully saturated rings. The minimum Gasteiger partial charge on any atom is -0.480 e. The zero-order valence-electron chi connectivity index (χ0n) is 20.1. The molecule has 5 rings (SSSR count). The van der Waals surface area contributed by atoms with E-state index in [1.54, 1.807) is 0 Å². The van der Waals surface area contributed by atoms with Crippen molar-refractivity contribution in [2.24, 2.45) is 17.3 Å². The van der Waals surface area contributed by atoms with Gasteiger partial charge in [0.25, 0.3) is 0 Å². The lowest BCUT2D eigenvalue weighted by Crippen LogP contribution is -2.48. The molecule has 184 valence electrons. The Hall–Kier alpha value is -3.35. The molecule has 5 atom stereocenters. The molecule has 0 spiro atoms. The van der Waals surface area contributed by atoms with Gasteiger partial charge in [-0.25, -0.2) is 9.59 Å². The van der Waals surface area contributed by atoms with Crippen molar-refractivity contribution in [1.82, 2.24) is 10.6 Å². The molecule has 3 N–H and O–H groups in total. The molecular formula is C28H32N2O5. The van der Waals surface area contributed by atoms with E-state index in [1.807, 2.05) is 38.1 Å². The van der Waals surface area contributed by atoms with Crippen molar-refractivity contribution in [3.8, 4) is 11.1 Å². The molecule has 2 saturated carbocycles. The SMILES string of the molecule is CC[C@H](C)[C@H](NC(=O)C12CC(NC(=O)OCC3c4ccccc4-c4ccccc43)CC1C2)C(=O)O. The van der Waals surface area contributed by atoms with E-state index >= 15 is 0 Å². The molecule has 2 amide bonds. The van der Waals surface area contributed by atoms with E-state index in [9.17, 15) is 19.5 Å². The summed E-state index contributed by atoms with van der Waals surface area (Å²) >= 11 is 0. The first-order chi connectivity index (χ1) is 16.8. The van der Waals surface area contributed by atoms with E-state index in [0.29, 0.717) is 19.3 Å². The Balaban J connectivity index is 1.17. The first kappa shape index (κ1) is 23.4. The highest BCUT2D eigenvalue weighted by Gasteiger charge is 2.65. The third-order valence-electron chi connectivity index (χ3n) is 8.30. The van der Waals surface area contributed by atoms with E-state index in [-0.39, 0.29) is 36.3 Å². The molecule has 0 aromatic heterocycles. The summed E-state index contributed by atoms with van der Waals surface area (Å²) in [5.41, 5.74) is 4.11. The molecule has 0 aliphatic heterocycles. The smallest absolute Gasteiger partial charge is 0.407 e. The Morgan fingerprint density at radius 1 is 1.06 bits per heavy atom. The highest BCUT2D eigenvalue weighted by molar-refractivity contribution is 5.90. The van der Waals surface area contributed by atoms with Crippen LogP contribution in [0.15, 0.2) is 48.5 Å². The number of carboxylic acid groups (broad SMARTS) is 1. The van der Waals surface area contributed by atoms with Crippen molar-refractivity contribution in [2.45, 2.75) is 57.5 Å². The lowest BCUT2D eigenvalue weighted by Gasteiger charge is -2.24. The fraction of sp³-hybridized carbons (Fsp3) is 0.464. The summed E-state index contributed by atoms with van der Waals surface area (Å²) in [5.74, 6) is -1.19. The second-order valence-corrected chi connectivity index (χ2v) is 10.3. The van der Waals surface area contributed by atoms with Gasteiger partial charge in [0.2, 0.25) is 5.91 Å². The van der Waals surface area contributed by atoms with Crippen LogP contribution in [-0.2, 0) is 14.3 Å². The highest BCUT2D eigenvalue weighted by Crippen LogP contribution is 2.63. The average molecular weight is 477 g/mol. The number of ether oxygens (including phenoxy) is 1. The predicted octanol–water partition coefficient (Wildman–Crippen LogP) is 4.31. The first-order valence-corrected chi connectivity index (χ1v) is 12.5. The van der Waals surface area contributed by atoms with Crippen LogP contribution in [0.3, 0.4) is 0 Å². The van der Waals surface area contributed by atoms with Crippen molar-refractivity contribution in [3.05, 3.63) is 59.7 Å². The van der Waals surface area contributed by atoms with Crippen LogP contribution in [0.4, 0.5) is 4.79 Å². The maximum absolute atomic E-state index is 13.0. The van der Waals surface area contributed by atoms with Gasteiger partial charge in [-0.3, -0.25) is 4.79 Å². The molecule has 2 aromatic carbocycles. The van der Waals surface area contributed by atoms with Crippen LogP contribution in [-0.4, -0.2) is 41.8 Å². The molecule has 0 saturated heterocycles. The number of fused-ring (bicyclic) bond motifs is 4. The molecular weight excluding hydrogens is 444 g/mol. The van der Waals surface area contributed by atoms with Crippen molar-refractivity contribution >= 4 is 18.0 Å². The summed E-state index contributed by atoms with van der Waals surface area (Å²) in [6.45, 7) is 3.99. The molecule has 0 heterocycles. The monoisotopic (exact) mass is 476 g/mol. The minimum absolute atomic E-state index is 0.00393. The Bertz CT molecular complexity index is 1120. The summed E-state index contributed by atoms with van der Waals surface area (Å²) in [6.07, 6.45) is 2.16. The molecule has 0 radical (unpaired) electrons. The van der Waals surface area contributed by atoms with Crippen molar-refractivity contribution in [3.63, 3.8) is 0 Å². The molecule has 35 heavy (non-hydrogen) atoms. The molecule has 3 aliphatic rings. The Kier molecular flexibility index (Phi) is 6.03. The highest BCUT2D eigenvalue weighted by atomic mass is 16.5. The summed E-state index contributed by atoms with van der Waals surface area (Å²) in [6, 6.07) is 15.4. The van der Waals surface area contributed by atoms with Gasteiger partial charge in [0.05, 0.1) is 5.41 Å². The second kappa shape index (κ2) is 9.02. The fourth-order valence-corrected chi connectivity index (χ4v) is 6.06. The lowest BCUT2D eigenvalue weighted by atomic mass is 9.96. The van der Waals surface area contributed by atoms with Crippen LogP contribution >= 0.6 is 0 Å². The third kappa shape index (κ3) is 4.17. The average Bonchev–Trinajstić information content (AvgIpc) is 3.28. The summed E-state index contributed by atoms with van der Waals surface area (Å²) in [5, 5.41) is 15.2. The van der Waals surface area contributed by atoms with Crippen LogP contribution in [0.2, 0.25) is 0 Å². The summed E-state index contributed by atoms with van der Waals surface area (Å²) in [4.78, 5) is 37.3. The number of hydrogen-bond donors (Lipinski definition) is 3. The molecule has 7 heteroatoms. The predicted molar refractivity (Wildman–Crippen MR) is 131 cm³/mol. The quantitative estimate of drug-likeness (QED) is 0.527. The number of aliphatic carboxylic acids is 1. The molecule has 3 aliphatic carbocycles. The zero-order valence-corrected chi connectivity index (χ0v) is 20.1. The molecule has 0 bridgehead atoms. The molecule has 7 nitrogen and oxygen atoms in total. The zero-order chi connectivity index (χ0) is 24.7. The topological polar surface area (TPSA) is 105 Å². The number of rotatable bonds is 8. The number of carboxylic acids is 1. The van der Waals surface area contributed by atoms with Gasteiger partial charge in [-0.05, 0) is 53.4 Å². The van der Waals surface area contributed by atoms with Gasteiger partial charge in [0.15, 0.2) is 0 Å². The number of benzene rings is 2. The van der Waals surface area contributed by atoms with E-state index in [1.165, 1.54) is 11.1 Å². The van der Waals surface area contributed by atoms with E-state index in [2.05, 4.69) is 34.9 Å². The van der Waals surface area contributed by atoms with E-state index in [0.717, 1.165) is 17.5 Å². The Morgan fingerprint density at radius 3 is 2.29 bits per heavy atom. The fourth-order valence-electron chi connectivity index (χ4n) is 6.06. The van der Waals surface area contributed by atoms with Gasteiger partial charge >= 0.3 is 12.1 Å². The maximum atomic E-state index is 13.0. The summed E-state index contributed by atoms with van der Waals surface area (Å²) in [7, 11) is 0. The van der Waals surface area contributed by atoms with Gasteiger partial charge in [-0.1, -0.05) is 68.8 Å². The third-order valence-corrected chi connectivity index (χ3v) is 8.30. The second-order valence-electron chi connectivity index (χ2n) is 10.3. The van der Waals surface area contributed by atoms with E-state index < -0.39 is 23.5 Å². The van der Waals surface area contributed by atoms with Crippen LogP contribution < -0.4 is 10.6 Å². The van der Waals surface area contributed by atoms with Crippen LogP contribution in [0, 0.1) is 17.3 Å². The normalized spacial score (nSPS) is 25.5. The van der Waals surface area contributed by atoms with Crippen molar-refractivity contribution in [1.29, 1.82) is 0 Å². The maximum Gasteiger partial charge on any atom is 0.407 e. The standard InChI is InChI=1S/C28H32N2O5/c1-3-16(2)24(25(31)32)30-26(33)28-13-17(28)12-18(14-28)29-27(34)35-15-23-21-10-6-4-8-19(21)20-9-5-7-11-22(20)23/h4-11,16-18,23-24H,3,12-15H2,1-2H3,(H,29,34)(H,30,33)(H,31,32)/t16-,17?,18?,24-,28?/m0/s1. The Morgan fingerprint density at radius 2 is 1.69 bits per heavy atom. The molecule has 3 unspecified atom stereocenters. The number of amides is 2. The van der Waals surface area contributed by atoms with Gasteiger partial charge in [0.1, 0.15) is 12.6 Å². The van der Waals surface area contributed by atoms with Gasteiger partial charge in [-0.2, -0.15) is 0 Å². The number of carbonyl (C=O) groups excluding carboxylic acids is 2. The van der Waals surface area contributed by atoms with Crippen LogP contribution in [0.25, 0.3) is 11.1 Å². The van der Waals surface area contributed by atoms with Crippen LogP contribution in [0.1, 0.15) is 56.6 Å². The Labute approximate surface area is 205 Å². The summed E-state index contributed by atoms with van der Waals surface area (Å²) < 4.78 is 5.66. The van der Waals surface area contributed by atoms with Gasteiger partial charge < -0.3 is 20.5 Å².